The van der Waals surface area contributed by atoms with Gasteiger partial charge in [0.1, 0.15) is 17.2 Å². The van der Waals surface area contributed by atoms with Crippen LogP contribution in [0.2, 0.25) is 0 Å². The van der Waals surface area contributed by atoms with Gasteiger partial charge < -0.3 is 14.2 Å². The molecule has 4 aromatic rings. The Labute approximate surface area is 175 Å². The number of ether oxygens (including phenoxy) is 3. The van der Waals surface area contributed by atoms with Crippen LogP contribution in [0.25, 0.3) is 0 Å². The van der Waals surface area contributed by atoms with Crippen molar-refractivity contribution in [1.82, 2.24) is 15.0 Å². The molecule has 0 amide bonds. The second-order valence-electron chi connectivity index (χ2n) is 6.93. The molecule has 6 heteroatoms. The lowest BCUT2D eigenvalue weighted by molar-refractivity contribution is 0.362. The highest BCUT2D eigenvalue weighted by atomic mass is 16.5. The van der Waals surface area contributed by atoms with Crippen molar-refractivity contribution in [2.24, 2.45) is 0 Å². The van der Waals surface area contributed by atoms with Gasteiger partial charge >= 0.3 is 18.0 Å². The van der Waals surface area contributed by atoms with E-state index in [0.29, 0.717) is 17.2 Å². The molecule has 0 aliphatic rings. The average Bonchev–Trinajstić information content (AvgIpc) is 2.71. The summed E-state index contributed by atoms with van der Waals surface area (Å²) in [6.07, 6.45) is 0. The molecule has 0 unspecified atom stereocenters. The maximum atomic E-state index is 5.83. The van der Waals surface area contributed by atoms with Gasteiger partial charge in [0.15, 0.2) is 0 Å². The van der Waals surface area contributed by atoms with Crippen molar-refractivity contribution in [1.29, 1.82) is 0 Å². The van der Waals surface area contributed by atoms with E-state index in [-0.39, 0.29) is 18.0 Å². The molecular weight excluding hydrogens is 378 g/mol. The molecule has 0 spiro atoms. The molecule has 3 aromatic carbocycles. The monoisotopic (exact) mass is 399 g/mol. The summed E-state index contributed by atoms with van der Waals surface area (Å²) in [7, 11) is 0. The first kappa shape index (κ1) is 19.4. The summed E-state index contributed by atoms with van der Waals surface area (Å²) < 4.78 is 17.5. The largest absolute Gasteiger partial charge is 0.424 e. The number of aromatic nitrogens is 3. The molecule has 0 radical (unpaired) electrons. The van der Waals surface area contributed by atoms with Gasteiger partial charge in [-0.15, -0.1) is 15.0 Å². The van der Waals surface area contributed by atoms with Crippen molar-refractivity contribution >= 4 is 0 Å². The van der Waals surface area contributed by atoms with Crippen LogP contribution in [0.4, 0.5) is 0 Å². The average molecular weight is 399 g/mol. The van der Waals surface area contributed by atoms with Gasteiger partial charge in [-0.2, -0.15) is 0 Å². The Morgan fingerprint density at radius 2 is 0.900 bits per heavy atom. The smallest absolute Gasteiger partial charge is 0.331 e. The maximum Gasteiger partial charge on any atom is 0.331 e. The van der Waals surface area contributed by atoms with Crippen LogP contribution >= 0.6 is 0 Å². The van der Waals surface area contributed by atoms with Gasteiger partial charge in [-0.1, -0.05) is 47.5 Å². The second-order valence-corrected chi connectivity index (χ2v) is 6.93. The highest BCUT2D eigenvalue weighted by molar-refractivity contribution is 5.33. The quantitative estimate of drug-likeness (QED) is 0.386. The third-order valence-electron chi connectivity index (χ3n) is 4.23. The molecule has 0 aliphatic heterocycles. The van der Waals surface area contributed by atoms with Crippen LogP contribution in [0.15, 0.2) is 72.8 Å². The van der Waals surface area contributed by atoms with E-state index in [9.17, 15) is 0 Å². The standard InChI is InChI=1S/C24H21N3O3/c1-16-7-11-19(12-8-16)28-22-25-23(29-20-13-9-17(2)10-14-20)27-24(26-22)30-21-6-4-5-18(3)15-21/h4-15H,1-3H3. The molecule has 0 bridgehead atoms. The van der Waals surface area contributed by atoms with Crippen molar-refractivity contribution in [3.8, 4) is 35.3 Å². The minimum atomic E-state index is 0.0821. The predicted octanol–water partition coefficient (Wildman–Crippen LogP) is 6.17. The number of benzene rings is 3. The van der Waals surface area contributed by atoms with Crippen LogP contribution in [0, 0.1) is 20.8 Å². The van der Waals surface area contributed by atoms with Crippen molar-refractivity contribution in [3.05, 3.63) is 89.5 Å². The van der Waals surface area contributed by atoms with Crippen molar-refractivity contribution in [2.75, 3.05) is 0 Å². The third-order valence-corrected chi connectivity index (χ3v) is 4.23. The molecule has 150 valence electrons. The Morgan fingerprint density at radius 1 is 0.467 bits per heavy atom. The van der Waals surface area contributed by atoms with E-state index < -0.39 is 0 Å². The number of rotatable bonds is 6. The van der Waals surface area contributed by atoms with Gasteiger partial charge in [0.05, 0.1) is 0 Å². The Morgan fingerprint density at radius 3 is 1.33 bits per heavy atom. The molecule has 4 rings (SSSR count). The highest BCUT2D eigenvalue weighted by Crippen LogP contribution is 2.27. The highest BCUT2D eigenvalue weighted by Gasteiger charge is 2.13. The fourth-order valence-corrected chi connectivity index (χ4v) is 2.67. The maximum absolute atomic E-state index is 5.83. The number of aryl methyl sites for hydroxylation is 3. The van der Waals surface area contributed by atoms with Crippen molar-refractivity contribution in [3.63, 3.8) is 0 Å². The lowest BCUT2D eigenvalue weighted by Gasteiger charge is -2.10. The summed E-state index contributed by atoms with van der Waals surface area (Å²) in [4.78, 5) is 12.9. The van der Waals surface area contributed by atoms with Crippen molar-refractivity contribution in [2.45, 2.75) is 20.8 Å². The molecule has 0 aliphatic carbocycles. The first-order valence-corrected chi connectivity index (χ1v) is 9.53. The van der Waals surface area contributed by atoms with E-state index in [1.54, 1.807) is 0 Å². The Kier molecular flexibility index (Phi) is 5.57. The predicted molar refractivity (Wildman–Crippen MR) is 114 cm³/mol. The first-order valence-electron chi connectivity index (χ1n) is 9.53. The summed E-state index contributed by atoms with van der Waals surface area (Å²) in [6.45, 7) is 6.00. The third kappa shape index (κ3) is 5.11. The van der Waals surface area contributed by atoms with Gasteiger partial charge in [0.2, 0.25) is 0 Å². The Bertz CT molecular complexity index is 1080. The van der Waals surface area contributed by atoms with Gasteiger partial charge in [0.25, 0.3) is 0 Å². The molecule has 1 aromatic heterocycles. The van der Waals surface area contributed by atoms with Crippen LogP contribution in [0.1, 0.15) is 16.7 Å². The summed E-state index contributed by atoms with van der Waals surface area (Å²) in [5, 5.41) is 0. The Balaban J connectivity index is 1.65. The fourth-order valence-electron chi connectivity index (χ4n) is 2.67. The molecular formula is C24H21N3O3. The van der Waals surface area contributed by atoms with E-state index in [1.807, 2.05) is 93.6 Å². The summed E-state index contributed by atoms with van der Waals surface area (Å²) in [6, 6.07) is 23.0. The van der Waals surface area contributed by atoms with Crippen LogP contribution in [-0.2, 0) is 0 Å². The molecule has 0 saturated carbocycles. The number of hydrogen-bond donors (Lipinski definition) is 0. The van der Waals surface area contributed by atoms with Crippen LogP contribution in [0.5, 0.6) is 35.3 Å². The summed E-state index contributed by atoms with van der Waals surface area (Å²) >= 11 is 0. The molecule has 1 heterocycles. The molecule has 30 heavy (non-hydrogen) atoms. The normalized spacial score (nSPS) is 10.5. The van der Waals surface area contributed by atoms with Crippen LogP contribution in [0.3, 0.4) is 0 Å². The SMILES string of the molecule is Cc1ccc(Oc2nc(Oc3ccc(C)cc3)nc(Oc3cccc(C)c3)n2)cc1. The van der Waals surface area contributed by atoms with Crippen LogP contribution < -0.4 is 14.2 Å². The fraction of sp³-hybridized carbons (Fsp3) is 0.125. The number of hydrogen-bond acceptors (Lipinski definition) is 6. The molecule has 0 fully saturated rings. The van der Waals surface area contributed by atoms with Gasteiger partial charge in [-0.05, 0) is 62.7 Å². The molecule has 0 N–H and O–H groups in total. The molecule has 0 atom stereocenters. The zero-order chi connectivity index (χ0) is 20.9. The summed E-state index contributed by atoms with van der Waals surface area (Å²) in [5.41, 5.74) is 3.32. The van der Waals surface area contributed by atoms with E-state index in [0.717, 1.165) is 16.7 Å². The van der Waals surface area contributed by atoms with E-state index in [4.69, 9.17) is 14.2 Å². The Hall–Kier alpha value is -3.93. The minimum Gasteiger partial charge on any atom is -0.424 e. The number of nitrogens with zero attached hydrogens (tertiary/aromatic N) is 3. The molecule has 6 nitrogen and oxygen atoms in total. The zero-order valence-corrected chi connectivity index (χ0v) is 17.0. The van der Waals surface area contributed by atoms with E-state index >= 15 is 0 Å². The zero-order valence-electron chi connectivity index (χ0n) is 17.0. The lowest BCUT2D eigenvalue weighted by atomic mass is 10.2. The van der Waals surface area contributed by atoms with Crippen LogP contribution in [-0.4, -0.2) is 15.0 Å². The lowest BCUT2D eigenvalue weighted by Crippen LogP contribution is -2.01. The first-order chi connectivity index (χ1) is 14.5. The summed E-state index contributed by atoms with van der Waals surface area (Å²) in [5.74, 6) is 1.83. The van der Waals surface area contributed by atoms with E-state index in [1.165, 1.54) is 0 Å². The topological polar surface area (TPSA) is 66.4 Å². The molecule has 0 saturated heterocycles. The van der Waals surface area contributed by atoms with E-state index in [2.05, 4.69) is 15.0 Å². The minimum absolute atomic E-state index is 0.0821. The van der Waals surface area contributed by atoms with Gasteiger partial charge in [0, 0.05) is 0 Å². The second kappa shape index (κ2) is 8.61. The van der Waals surface area contributed by atoms with Gasteiger partial charge in [-0.25, -0.2) is 0 Å². The van der Waals surface area contributed by atoms with Crippen molar-refractivity contribution < 1.29 is 14.2 Å². The van der Waals surface area contributed by atoms with Gasteiger partial charge in [-0.3, -0.25) is 0 Å².